The molecule has 0 aliphatic rings. The van der Waals surface area contributed by atoms with E-state index in [9.17, 15) is 0 Å². The lowest BCUT2D eigenvalue weighted by atomic mass is 10.3. The molecule has 1 aromatic carbocycles. The van der Waals surface area contributed by atoms with Crippen LogP contribution in [0, 0.1) is 11.7 Å². The lowest BCUT2D eigenvalue weighted by Gasteiger charge is -2.01. The predicted octanol–water partition coefficient (Wildman–Crippen LogP) is 3.03. The first-order valence-electron chi connectivity index (χ1n) is 6.62. The number of nitrogens with two attached hydrogens (primary N) is 1. The Labute approximate surface area is 134 Å². The number of para-hydroxylation sites is 1. The summed E-state index contributed by atoms with van der Waals surface area (Å²) in [6.45, 7) is 2.00. The average molecular weight is 328 g/mol. The van der Waals surface area contributed by atoms with Crippen LogP contribution in [0.3, 0.4) is 0 Å². The fraction of sp³-hybridized carbons (Fsp3) is 0.0714. The van der Waals surface area contributed by atoms with Crippen molar-refractivity contribution in [2.75, 3.05) is 5.84 Å². The molecule has 4 rings (SSSR count). The molecule has 0 saturated heterocycles. The lowest BCUT2D eigenvalue weighted by Crippen LogP contribution is -2.09. The Bertz CT molecular complexity index is 1020. The summed E-state index contributed by atoms with van der Waals surface area (Å²) in [5, 5.41) is 12.6. The van der Waals surface area contributed by atoms with Crippen LogP contribution in [0.1, 0.15) is 5.69 Å². The first-order valence-corrected chi connectivity index (χ1v) is 7.85. The van der Waals surface area contributed by atoms with Crippen molar-refractivity contribution < 1.29 is 0 Å². The third-order valence-corrected chi connectivity index (χ3v) is 4.86. The zero-order chi connectivity index (χ0) is 15.3. The van der Waals surface area contributed by atoms with Gasteiger partial charge in [0.2, 0.25) is 4.77 Å². The quantitative estimate of drug-likeness (QED) is 0.438. The van der Waals surface area contributed by atoms with Gasteiger partial charge in [-0.3, -0.25) is 0 Å². The van der Waals surface area contributed by atoms with E-state index >= 15 is 0 Å². The van der Waals surface area contributed by atoms with E-state index in [1.165, 1.54) is 4.68 Å². The number of thiophene rings is 1. The molecule has 110 valence electrons. The van der Waals surface area contributed by atoms with Crippen molar-refractivity contribution in [1.82, 2.24) is 24.7 Å². The van der Waals surface area contributed by atoms with Crippen LogP contribution < -0.4 is 5.84 Å². The third-order valence-electron chi connectivity index (χ3n) is 3.47. The highest BCUT2D eigenvalue weighted by atomic mass is 32.1. The molecule has 6 nitrogen and oxygen atoms in total. The Morgan fingerprint density at radius 3 is 2.73 bits per heavy atom. The summed E-state index contributed by atoms with van der Waals surface area (Å²) in [6, 6.07) is 12.1. The fourth-order valence-electron chi connectivity index (χ4n) is 2.38. The molecule has 0 bridgehead atoms. The maximum absolute atomic E-state index is 5.92. The molecular formula is C14H12N6S2. The molecular weight excluding hydrogens is 316 g/mol. The van der Waals surface area contributed by atoms with Gasteiger partial charge in [0.15, 0.2) is 5.82 Å². The first kappa shape index (κ1) is 13.2. The number of aryl methyl sites for hydroxylation is 1. The van der Waals surface area contributed by atoms with Crippen molar-refractivity contribution in [3.8, 4) is 16.4 Å². The van der Waals surface area contributed by atoms with E-state index in [1.54, 1.807) is 11.3 Å². The Morgan fingerprint density at radius 2 is 2.05 bits per heavy atom. The molecule has 0 spiro atoms. The zero-order valence-electron chi connectivity index (χ0n) is 11.6. The molecule has 0 fully saturated rings. The molecule has 0 aliphatic carbocycles. The van der Waals surface area contributed by atoms with Crippen LogP contribution >= 0.6 is 23.6 Å². The van der Waals surface area contributed by atoms with E-state index in [0.29, 0.717) is 10.6 Å². The number of nitrogens with one attached hydrogen (secondary N) is 1. The van der Waals surface area contributed by atoms with E-state index in [4.69, 9.17) is 18.1 Å². The summed E-state index contributed by atoms with van der Waals surface area (Å²) in [6.07, 6.45) is 0. The average Bonchev–Trinajstić information content (AvgIpc) is 3.18. The standard InChI is InChI=1S/C14H12N6S2/c1-8-10-7-11(12-16-17-14(21)19(12)15)22-13(10)20(18-8)9-5-3-2-4-6-9/h2-7H,15H2,1H3,(H,17,21). The summed E-state index contributed by atoms with van der Waals surface area (Å²) in [5.41, 5.74) is 2.00. The summed E-state index contributed by atoms with van der Waals surface area (Å²) in [5.74, 6) is 6.55. The van der Waals surface area contributed by atoms with Gasteiger partial charge in [-0.15, -0.1) is 11.3 Å². The highest BCUT2D eigenvalue weighted by Gasteiger charge is 2.16. The molecule has 0 aliphatic heterocycles. The number of hydrogen-bond acceptors (Lipinski definition) is 5. The van der Waals surface area contributed by atoms with Crippen LogP contribution in [0.15, 0.2) is 36.4 Å². The third kappa shape index (κ3) is 1.88. The molecule has 3 aromatic heterocycles. The topological polar surface area (TPSA) is 77.5 Å². The van der Waals surface area contributed by atoms with Gasteiger partial charge in [-0.1, -0.05) is 18.2 Å². The minimum absolute atomic E-state index is 0.397. The second-order valence-corrected chi connectivity index (χ2v) is 6.30. The summed E-state index contributed by atoms with van der Waals surface area (Å²) < 4.78 is 3.73. The number of fused-ring (bicyclic) bond motifs is 1. The van der Waals surface area contributed by atoms with Crippen LogP contribution in [0.2, 0.25) is 0 Å². The monoisotopic (exact) mass is 328 g/mol. The van der Waals surface area contributed by atoms with E-state index < -0.39 is 0 Å². The molecule has 0 radical (unpaired) electrons. The minimum Gasteiger partial charge on any atom is -0.335 e. The van der Waals surface area contributed by atoms with Gasteiger partial charge < -0.3 is 5.84 Å². The van der Waals surface area contributed by atoms with Gasteiger partial charge in [-0.2, -0.15) is 10.2 Å². The van der Waals surface area contributed by atoms with Crippen molar-refractivity contribution in [2.24, 2.45) is 0 Å². The molecule has 3 N–H and O–H groups in total. The lowest BCUT2D eigenvalue weighted by molar-refractivity contribution is 0.894. The van der Waals surface area contributed by atoms with E-state index in [-0.39, 0.29) is 0 Å². The molecule has 22 heavy (non-hydrogen) atoms. The Morgan fingerprint density at radius 1 is 1.27 bits per heavy atom. The predicted molar refractivity (Wildman–Crippen MR) is 90.2 cm³/mol. The number of hydrogen-bond donors (Lipinski definition) is 2. The summed E-state index contributed by atoms with van der Waals surface area (Å²) >= 11 is 6.66. The number of nitrogens with zero attached hydrogens (tertiary/aromatic N) is 4. The molecule has 0 saturated carbocycles. The smallest absolute Gasteiger partial charge is 0.214 e. The van der Waals surface area contributed by atoms with Crippen LogP contribution in [-0.4, -0.2) is 24.7 Å². The zero-order valence-corrected chi connectivity index (χ0v) is 13.3. The second-order valence-electron chi connectivity index (χ2n) is 4.88. The number of H-pyrrole nitrogens is 1. The maximum atomic E-state index is 5.92. The van der Waals surface area contributed by atoms with Crippen molar-refractivity contribution in [2.45, 2.75) is 6.92 Å². The van der Waals surface area contributed by atoms with Crippen LogP contribution in [0.5, 0.6) is 0 Å². The highest BCUT2D eigenvalue weighted by molar-refractivity contribution is 7.71. The summed E-state index contributed by atoms with van der Waals surface area (Å²) in [4.78, 5) is 2.02. The highest BCUT2D eigenvalue weighted by Crippen LogP contribution is 2.35. The molecule has 0 amide bonds. The van der Waals surface area contributed by atoms with Crippen molar-refractivity contribution in [1.29, 1.82) is 0 Å². The van der Waals surface area contributed by atoms with Gasteiger partial charge in [0.1, 0.15) is 4.83 Å². The largest absolute Gasteiger partial charge is 0.335 e. The van der Waals surface area contributed by atoms with E-state index in [2.05, 4.69) is 21.4 Å². The summed E-state index contributed by atoms with van der Waals surface area (Å²) in [7, 11) is 0. The molecule has 0 unspecified atom stereocenters. The number of benzene rings is 1. The Hall–Kier alpha value is -2.45. The van der Waals surface area contributed by atoms with E-state index in [0.717, 1.165) is 26.5 Å². The van der Waals surface area contributed by atoms with Crippen molar-refractivity contribution in [3.63, 3.8) is 0 Å². The van der Waals surface area contributed by atoms with Crippen molar-refractivity contribution in [3.05, 3.63) is 46.9 Å². The molecule has 3 heterocycles. The number of aromatic nitrogens is 5. The number of aromatic amines is 1. The maximum Gasteiger partial charge on any atom is 0.214 e. The first-order chi connectivity index (χ1) is 10.6. The van der Waals surface area contributed by atoms with Gasteiger partial charge in [-0.25, -0.2) is 14.5 Å². The minimum atomic E-state index is 0.397. The van der Waals surface area contributed by atoms with Crippen LogP contribution in [0.4, 0.5) is 0 Å². The van der Waals surface area contributed by atoms with Gasteiger partial charge in [-0.05, 0) is 37.3 Å². The number of nitrogen functional groups attached to an aromatic ring is 1. The van der Waals surface area contributed by atoms with Gasteiger partial charge in [0, 0.05) is 5.39 Å². The molecule has 4 aromatic rings. The molecule has 0 atom stereocenters. The van der Waals surface area contributed by atoms with Crippen LogP contribution in [-0.2, 0) is 0 Å². The Balaban J connectivity index is 1.95. The SMILES string of the molecule is Cc1nn(-c2ccccc2)c2sc(-c3n[nH]c(=S)n3N)cc12. The van der Waals surface area contributed by atoms with E-state index in [1.807, 2.05) is 41.9 Å². The van der Waals surface area contributed by atoms with Gasteiger partial charge in [0.05, 0.1) is 16.3 Å². The van der Waals surface area contributed by atoms with Gasteiger partial charge in [0.25, 0.3) is 0 Å². The fourth-order valence-corrected chi connectivity index (χ4v) is 3.68. The molecule has 8 heteroatoms. The van der Waals surface area contributed by atoms with Gasteiger partial charge >= 0.3 is 0 Å². The Kier molecular flexibility index (Phi) is 2.88. The normalized spacial score (nSPS) is 11.3. The van der Waals surface area contributed by atoms with Crippen LogP contribution in [0.25, 0.3) is 26.6 Å². The number of rotatable bonds is 2. The van der Waals surface area contributed by atoms with Crippen molar-refractivity contribution >= 4 is 33.8 Å². The second kappa shape index (κ2) is 4.79.